The van der Waals surface area contributed by atoms with Crippen molar-refractivity contribution in [3.63, 3.8) is 0 Å². The van der Waals surface area contributed by atoms with Crippen LogP contribution in [0.1, 0.15) is 10.4 Å². The number of carbonyl (C=O) groups is 1. The zero-order valence-corrected chi connectivity index (χ0v) is 8.45. The average Bonchev–Trinajstić information content (AvgIpc) is 2.59. The number of anilines is 1. The summed E-state index contributed by atoms with van der Waals surface area (Å²) in [5, 5.41) is 27.8. The molecule has 0 bridgehead atoms. The summed E-state index contributed by atoms with van der Waals surface area (Å²) in [5.41, 5.74) is 0.543. The molecule has 1 fully saturated rings. The Morgan fingerprint density at radius 2 is 2.00 bits per heavy atom. The van der Waals surface area contributed by atoms with Gasteiger partial charge in [-0.25, -0.2) is 4.79 Å². The third kappa shape index (κ3) is 1.84. The third-order valence-corrected chi connectivity index (χ3v) is 2.63. The van der Waals surface area contributed by atoms with E-state index in [0.29, 0.717) is 5.69 Å². The molecule has 6 nitrogen and oxygen atoms in total. The fourth-order valence-electron chi connectivity index (χ4n) is 1.79. The van der Waals surface area contributed by atoms with Gasteiger partial charge in [-0.3, -0.25) is 4.98 Å². The van der Waals surface area contributed by atoms with Crippen LogP contribution in [0.5, 0.6) is 0 Å². The van der Waals surface area contributed by atoms with E-state index in [1.54, 1.807) is 11.0 Å². The van der Waals surface area contributed by atoms with Crippen molar-refractivity contribution >= 4 is 11.7 Å². The largest absolute Gasteiger partial charge is 0.478 e. The van der Waals surface area contributed by atoms with E-state index in [4.69, 9.17) is 5.11 Å². The van der Waals surface area contributed by atoms with E-state index in [-0.39, 0.29) is 18.7 Å². The first kappa shape index (κ1) is 10.8. The van der Waals surface area contributed by atoms with Crippen molar-refractivity contribution < 1.29 is 20.1 Å². The number of pyridine rings is 1. The zero-order chi connectivity index (χ0) is 11.7. The van der Waals surface area contributed by atoms with Crippen LogP contribution < -0.4 is 4.90 Å². The maximum absolute atomic E-state index is 10.9. The normalized spacial score (nSPS) is 24.8. The summed E-state index contributed by atoms with van der Waals surface area (Å²) in [7, 11) is 0. The maximum atomic E-state index is 10.9. The molecular weight excluding hydrogens is 212 g/mol. The molecule has 1 saturated heterocycles. The van der Waals surface area contributed by atoms with Crippen molar-refractivity contribution in [2.45, 2.75) is 12.2 Å². The molecule has 16 heavy (non-hydrogen) atoms. The minimum Gasteiger partial charge on any atom is -0.478 e. The molecule has 1 aliphatic heterocycles. The maximum Gasteiger partial charge on any atom is 0.339 e. The number of carboxylic acids is 1. The smallest absolute Gasteiger partial charge is 0.339 e. The number of rotatable bonds is 2. The molecule has 0 radical (unpaired) electrons. The van der Waals surface area contributed by atoms with Crippen molar-refractivity contribution in [3.8, 4) is 0 Å². The minimum absolute atomic E-state index is 0.0730. The summed E-state index contributed by atoms with van der Waals surface area (Å²) in [6.45, 7) is 0.455. The van der Waals surface area contributed by atoms with Gasteiger partial charge >= 0.3 is 5.97 Å². The van der Waals surface area contributed by atoms with Crippen molar-refractivity contribution in [1.82, 2.24) is 4.98 Å². The molecule has 3 N–H and O–H groups in total. The fraction of sp³-hybridized carbons (Fsp3) is 0.400. The van der Waals surface area contributed by atoms with Crippen LogP contribution in [0.15, 0.2) is 18.5 Å². The highest BCUT2D eigenvalue weighted by Crippen LogP contribution is 2.24. The number of hydrogen-bond donors (Lipinski definition) is 3. The first-order chi connectivity index (χ1) is 7.59. The van der Waals surface area contributed by atoms with E-state index in [2.05, 4.69) is 4.98 Å². The van der Waals surface area contributed by atoms with Gasteiger partial charge in [0.05, 0.1) is 17.9 Å². The Morgan fingerprint density at radius 3 is 2.56 bits per heavy atom. The molecule has 0 saturated carbocycles. The van der Waals surface area contributed by atoms with E-state index in [9.17, 15) is 15.0 Å². The molecule has 0 aliphatic carbocycles. The number of carboxylic acid groups (broad SMARTS) is 1. The zero-order valence-electron chi connectivity index (χ0n) is 8.45. The van der Waals surface area contributed by atoms with Gasteiger partial charge in [0, 0.05) is 25.5 Å². The molecule has 1 aromatic heterocycles. The van der Waals surface area contributed by atoms with Gasteiger partial charge in [0.15, 0.2) is 0 Å². The predicted octanol–water partition coefficient (Wildman–Crippen LogP) is -0.678. The molecule has 1 aromatic rings. The van der Waals surface area contributed by atoms with Gasteiger partial charge in [-0.1, -0.05) is 0 Å². The minimum atomic E-state index is -1.07. The number of aromatic carboxylic acids is 1. The van der Waals surface area contributed by atoms with Gasteiger partial charge in [0.1, 0.15) is 5.56 Å². The van der Waals surface area contributed by atoms with Crippen LogP contribution in [-0.4, -0.2) is 51.6 Å². The van der Waals surface area contributed by atoms with Crippen LogP contribution in [0.25, 0.3) is 0 Å². The molecule has 2 heterocycles. The topological polar surface area (TPSA) is 93.9 Å². The first-order valence-corrected chi connectivity index (χ1v) is 4.88. The summed E-state index contributed by atoms with van der Waals surface area (Å²) < 4.78 is 0. The lowest BCUT2D eigenvalue weighted by molar-refractivity contribution is 0.0572. The van der Waals surface area contributed by atoms with Crippen molar-refractivity contribution in [1.29, 1.82) is 0 Å². The Balaban J connectivity index is 2.31. The summed E-state index contributed by atoms with van der Waals surface area (Å²) >= 11 is 0. The second kappa shape index (κ2) is 4.07. The standard InChI is InChI=1S/C10H12N2O4/c13-8-4-12(5-9(8)14)7-1-2-11-3-6(7)10(15)16/h1-3,8-9,13-14H,4-5H2,(H,15,16). The summed E-state index contributed by atoms with van der Waals surface area (Å²) in [5.74, 6) is -1.07. The van der Waals surface area contributed by atoms with Gasteiger partial charge in [0.2, 0.25) is 0 Å². The molecule has 0 aromatic carbocycles. The number of aliphatic hydroxyl groups is 2. The number of hydrogen-bond acceptors (Lipinski definition) is 5. The van der Waals surface area contributed by atoms with E-state index < -0.39 is 18.2 Å². The number of β-amino-alcohol motifs (C(OH)–C–C–N with tert-alkyl or cyclic N) is 2. The van der Waals surface area contributed by atoms with E-state index >= 15 is 0 Å². The third-order valence-electron chi connectivity index (χ3n) is 2.63. The highest BCUT2D eigenvalue weighted by Gasteiger charge is 2.31. The van der Waals surface area contributed by atoms with Crippen molar-refractivity contribution in [3.05, 3.63) is 24.0 Å². The van der Waals surface area contributed by atoms with E-state index in [1.807, 2.05) is 0 Å². The molecule has 0 spiro atoms. The van der Waals surface area contributed by atoms with Gasteiger partial charge in [-0.15, -0.1) is 0 Å². The average molecular weight is 224 g/mol. The Morgan fingerprint density at radius 1 is 1.38 bits per heavy atom. The van der Waals surface area contributed by atoms with Gasteiger partial charge in [-0.05, 0) is 6.07 Å². The molecule has 86 valence electrons. The van der Waals surface area contributed by atoms with Crippen LogP contribution in [0.4, 0.5) is 5.69 Å². The summed E-state index contributed by atoms with van der Waals surface area (Å²) in [4.78, 5) is 16.3. The SMILES string of the molecule is O=C(O)c1cnccc1N1CC(O)C(O)C1. The lowest BCUT2D eigenvalue weighted by Crippen LogP contribution is -2.23. The van der Waals surface area contributed by atoms with Crippen LogP contribution in [0, 0.1) is 0 Å². The molecule has 0 amide bonds. The molecule has 2 atom stereocenters. The summed E-state index contributed by atoms with van der Waals surface area (Å²) in [6, 6.07) is 1.56. The predicted molar refractivity (Wildman–Crippen MR) is 55.4 cm³/mol. The van der Waals surface area contributed by atoms with Crippen LogP contribution in [0.2, 0.25) is 0 Å². The Bertz CT molecular complexity index is 400. The van der Waals surface area contributed by atoms with E-state index in [1.165, 1.54) is 12.4 Å². The summed E-state index contributed by atoms with van der Waals surface area (Å²) in [6.07, 6.45) is 1.07. The fourth-order valence-corrected chi connectivity index (χ4v) is 1.79. The second-order valence-electron chi connectivity index (χ2n) is 3.74. The highest BCUT2D eigenvalue weighted by atomic mass is 16.4. The first-order valence-electron chi connectivity index (χ1n) is 4.88. The molecular formula is C10H12N2O4. The number of nitrogens with zero attached hydrogens (tertiary/aromatic N) is 2. The second-order valence-corrected chi connectivity index (χ2v) is 3.74. The Labute approximate surface area is 91.8 Å². The van der Waals surface area contributed by atoms with Gasteiger partial charge < -0.3 is 20.2 Å². The molecule has 2 rings (SSSR count). The number of aromatic nitrogens is 1. The lowest BCUT2D eigenvalue weighted by atomic mass is 10.2. The monoisotopic (exact) mass is 224 g/mol. The number of aliphatic hydroxyl groups excluding tert-OH is 2. The Kier molecular flexibility index (Phi) is 2.76. The van der Waals surface area contributed by atoms with Gasteiger partial charge in [-0.2, -0.15) is 0 Å². The van der Waals surface area contributed by atoms with Crippen LogP contribution >= 0.6 is 0 Å². The molecule has 6 heteroatoms. The quantitative estimate of drug-likeness (QED) is 0.616. The molecule has 2 unspecified atom stereocenters. The van der Waals surface area contributed by atoms with Crippen molar-refractivity contribution in [2.24, 2.45) is 0 Å². The highest BCUT2D eigenvalue weighted by molar-refractivity contribution is 5.94. The molecule has 1 aliphatic rings. The van der Waals surface area contributed by atoms with Crippen LogP contribution in [0.3, 0.4) is 0 Å². The Hall–Kier alpha value is -1.66. The van der Waals surface area contributed by atoms with Crippen molar-refractivity contribution in [2.75, 3.05) is 18.0 Å². The van der Waals surface area contributed by atoms with Gasteiger partial charge in [0.25, 0.3) is 0 Å². The lowest BCUT2D eigenvalue weighted by Gasteiger charge is -2.19. The van der Waals surface area contributed by atoms with E-state index in [0.717, 1.165) is 0 Å². The van der Waals surface area contributed by atoms with Crippen LogP contribution in [-0.2, 0) is 0 Å².